The molecule has 0 fully saturated rings. The van der Waals surface area contributed by atoms with Crippen molar-refractivity contribution < 1.29 is 17.9 Å². The second-order valence-electron chi connectivity index (χ2n) is 5.07. The van der Waals surface area contributed by atoms with E-state index >= 15 is 0 Å². The number of rotatable bonds is 6. The maximum absolute atomic E-state index is 13.8. The molecule has 0 bridgehead atoms. The van der Waals surface area contributed by atoms with Gasteiger partial charge in [0.1, 0.15) is 5.82 Å². The second kappa shape index (κ2) is 6.65. The van der Waals surface area contributed by atoms with Gasteiger partial charge in [-0.2, -0.15) is 4.31 Å². The van der Waals surface area contributed by atoms with E-state index in [0.29, 0.717) is 13.0 Å². The van der Waals surface area contributed by atoms with Crippen LogP contribution in [-0.2, 0) is 16.6 Å². The Morgan fingerprint density at radius 2 is 1.95 bits per heavy atom. The monoisotopic (exact) mass is 303 g/mol. The van der Waals surface area contributed by atoms with Crippen LogP contribution in [0.3, 0.4) is 0 Å². The Labute approximate surface area is 120 Å². The first-order chi connectivity index (χ1) is 9.25. The fourth-order valence-corrected chi connectivity index (χ4v) is 4.08. The zero-order valence-electron chi connectivity index (χ0n) is 12.4. The van der Waals surface area contributed by atoms with Crippen LogP contribution in [0.25, 0.3) is 0 Å². The van der Waals surface area contributed by atoms with Gasteiger partial charge in [-0.3, -0.25) is 0 Å². The van der Waals surface area contributed by atoms with Gasteiger partial charge >= 0.3 is 0 Å². The van der Waals surface area contributed by atoms with E-state index in [1.165, 1.54) is 17.3 Å². The molecule has 0 amide bonds. The minimum atomic E-state index is -3.77. The molecule has 1 rings (SSSR count). The maximum Gasteiger partial charge on any atom is 0.243 e. The Hall–Kier alpha value is -0.980. The third kappa shape index (κ3) is 3.37. The van der Waals surface area contributed by atoms with Crippen molar-refractivity contribution in [2.45, 2.75) is 51.7 Å². The van der Waals surface area contributed by atoms with Crippen molar-refractivity contribution in [3.63, 3.8) is 0 Å². The van der Waals surface area contributed by atoms with Crippen LogP contribution in [0.4, 0.5) is 4.39 Å². The van der Waals surface area contributed by atoms with Crippen LogP contribution in [0.5, 0.6) is 0 Å². The summed E-state index contributed by atoms with van der Waals surface area (Å²) in [6, 6.07) is 2.30. The van der Waals surface area contributed by atoms with Gasteiger partial charge < -0.3 is 5.11 Å². The lowest BCUT2D eigenvalue weighted by Crippen LogP contribution is -2.38. The summed E-state index contributed by atoms with van der Waals surface area (Å²) in [5.41, 5.74) is 0.343. The van der Waals surface area contributed by atoms with Gasteiger partial charge in [-0.15, -0.1) is 0 Å². The highest BCUT2D eigenvalue weighted by molar-refractivity contribution is 7.89. The van der Waals surface area contributed by atoms with Gasteiger partial charge in [-0.25, -0.2) is 12.8 Å². The average Bonchev–Trinajstić information content (AvgIpc) is 2.37. The molecule has 0 saturated heterocycles. The Kier molecular flexibility index (Phi) is 5.68. The summed E-state index contributed by atoms with van der Waals surface area (Å²) in [5, 5.41) is 9.12. The molecular weight excluding hydrogens is 281 g/mol. The fourth-order valence-electron chi connectivity index (χ4n) is 2.07. The molecule has 6 heteroatoms. The number of benzene rings is 1. The minimum absolute atomic E-state index is 0.0660. The van der Waals surface area contributed by atoms with Crippen LogP contribution in [0.2, 0.25) is 0 Å². The first-order valence-corrected chi connectivity index (χ1v) is 8.11. The van der Waals surface area contributed by atoms with Crippen LogP contribution in [0, 0.1) is 12.7 Å². The number of aliphatic hydroxyl groups is 1. The standard InChI is InChI=1S/C14H22FNO3S/c1-5-6-16(10(2)3)20(18,19)14-8-12(9-17)7-13(15)11(14)4/h7-8,10,17H,5-6,9H2,1-4H3. The number of sulfonamides is 1. The molecule has 1 aromatic rings. The Balaban J connectivity index is 3.44. The van der Waals surface area contributed by atoms with E-state index in [-0.39, 0.29) is 22.1 Å². The fraction of sp³-hybridized carbons (Fsp3) is 0.571. The zero-order valence-corrected chi connectivity index (χ0v) is 13.2. The van der Waals surface area contributed by atoms with Crippen LogP contribution >= 0.6 is 0 Å². The van der Waals surface area contributed by atoms with Crippen molar-refractivity contribution in [3.05, 3.63) is 29.1 Å². The van der Waals surface area contributed by atoms with Gasteiger partial charge in [-0.05, 0) is 44.9 Å². The Morgan fingerprint density at radius 1 is 1.35 bits per heavy atom. The van der Waals surface area contributed by atoms with Crippen LogP contribution in [0.15, 0.2) is 17.0 Å². The third-order valence-electron chi connectivity index (χ3n) is 3.15. The smallest absolute Gasteiger partial charge is 0.243 e. The number of hydrogen-bond acceptors (Lipinski definition) is 3. The molecule has 0 aromatic heterocycles. The largest absolute Gasteiger partial charge is 0.392 e. The number of halogens is 1. The summed E-state index contributed by atoms with van der Waals surface area (Å²) in [6.07, 6.45) is 0.679. The minimum Gasteiger partial charge on any atom is -0.392 e. The molecule has 1 aromatic carbocycles. The maximum atomic E-state index is 13.8. The summed E-state index contributed by atoms with van der Waals surface area (Å²) in [6.45, 7) is 6.89. The van der Waals surface area contributed by atoms with Gasteiger partial charge in [0.2, 0.25) is 10.0 Å². The molecule has 0 aliphatic rings. The van der Waals surface area contributed by atoms with Crippen molar-refractivity contribution in [2.24, 2.45) is 0 Å². The van der Waals surface area contributed by atoms with E-state index in [4.69, 9.17) is 5.11 Å². The average molecular weight is 303 g/mol. The first-order valence-electron chi connectivity index (χ1n) is 6.67. The Bertz CT molecular complexity index is 570. The van der Waals surface area contributed by atoms with Crippen molar-refractivity contribution in [3.8, 4) is 0 Å². The molecular formula is C14H22FNO3S. The highest BCUT2D eigenvalue weighted by Crippen LogP contribution is 2.25. The normalized spacial score (nSPS) is 12.4. The van der Waals surface area contributed by atoms with Gasteiger partial charge in [-0.1, -0.05) is 6.92 Å². The summed E-state index contributed by atoms with van der Waals surface area (Å²) < 4.78 is 40.5. The molecule has 0 aliphatic heterocycles. The summed E-state index contributed by atoms with van der Waals surface area (Å²) in [7, 11) is -3.77. The van der Waals surface area contributed by atoms with E-state index in [1.807, 2.05) is 6.92 Å². The summed E-state index contributed by atoms with van der Waals surface area (Å²) >= 11 is 0. The van der Waals surface area contributed by atoms with Gasteiger partial charge in [0.25, 0.3) is 0 Å². The second-order valence-corrected chi connectivity index (χ2v) is 6.93. The van der Waals surface area contributed by atoms with Crippen molar-refractivity contribution in [2.75, 3.05) is 6.54 Å². The van der Waals surface area contributed by atoms with Gasteiger partial charge in [0.15, 0.2) is 0 Å². The molecule has 0 aliphatic carbocycles. The van der Waals surface area contributed by atoms with Gasteiger partial charge in [0.05, 0.1) is 11.5 Å². The van der Waals surface area contributed by atoms with Gasteiger partial charge in [0, 0.05) is 18.2 Å². The molecule has 0 unspecified atom stereocenters. The number of hydrogen-bond donors (Lipinski definition) is 1. The predicted octanol–water partition coefficient (Wildman–Crippen LogP) is 2.44. The molecule has 0 atom stereocenters. The van der Waals surface area contributed by atoms with E-state index in [2.05, 4.69) is 0 Å². The van der Waals surface area contributed by atoms with Crippen LogP contribution < -0.4 is 0 Å². The highest BCUT2D eigenvalue weighted by atomic mass is 32.2. The van der Waals surface area contributed by atoms with E-state index in [9.17, 15) is 12.8 Å². The summed E-state index contributed by atoms with van der Waals surface area (Å²) in [4.78, 5) is -0.0660. The lowest BCUT2D eigenvalue weighted by atomic mass is 10.1. The van der Waals surface area contributed by atoms with E-state index in [1.54, 1.807) is 13.8 Å². The van der Waals surface area contributed by atoms with Crippen molar-refractivity contribution >= 4 is 10.0 Å². The zero-order chi connectivity index (χ0) is 15.5. The lowest BCUT2D eigenvalue weighted by molar-refractivity contribution is 0.280. The van der Waals surface area contributed by atoms with E-state index in [0.717, 1.165) is 6.07 Å². The SMILES string of the molecule is CCCN(C(C)C)S(=O)(=O)c1cc(CO)cc(F)c1C. The van der Waals surface area contributed by atoms with Crippen molar-refractivity contribution in [1.29, 1.82) is 0 Å². The molecule has 0 heterocycles. The Morgan fingerprint density at radius 3 is 2.40 bits per heavy atom. The highest BCUT2D eigenvalue weighted by Gasteiger charge is 2.29. The van der Waals surface area contributed by atoms with E-state index < -0.39 is 22.4 Å². The first kappa shape index (κ1) is 17.1. The molecule has 20 heavy (non-hydrogen) atoms. The molecule has 114 valence electrons. The predicted molar refractivity (Wildman–Crippen MR) is 76.4 cm³/mol. The quantitative estimate of drug-likeness (QED) is 0.878. The molecule has 1 N–H and O–H groups in total. The molecule has 0 radical (unpaired) electrons. The molecule has 4 nitrogen and oxygen atoms in total. The van der Waals surface area contributed by atoms with Crippen molar-refractivity contribution in [1.82, 2.24) is 4.31 Å². The summed E-state index contributed by atoms with van der Waals surface area (Å²) in [5.74, 6) is -0.615. The van der Waals surface area contributed by atoms with Crippen LogP contribution in [0.1, 0.15) is 38.3 Å². The molecule has 0 saturated carbocycles. The number of nitrogens with zero attached hydrogens (tertiary/aromatic N) is 1. The van der Waals surface area contributed by atoms with Crippen LogP contribution in [-0.4, -0.2) is 30.4 Å². The third-order valence-corrected chi connectivity index (χ3v) is 5.35. The topological polar surface area (TPSA) is 57.6 Å². The lowest BCUT2D eigenvalue weighted by Gasteiger charge is -2.26. The number of aliphatic hydroxyl groups excluding tert-OH is 1. The molecule has 0 spiro atoms.